The topological polar surface area (TPSA) is 92.9 Å². The minimum atomic E-state index is -0.181. The van der Waals surface area contributed by atoms with Crippen LogP contribution < -0.4 is 10.6 Å². The minimum Gasteiger partial charge on any atom is -0.338 e. The van der Waals surface area contributed by atoms with Crippen molar-refractivity contribution in [3.63, 3.8) is 0 Å². The molecule has 2 aromatic rings. The van der Waals surface area contributed by atoms with E-state index in [1.54, 1.807) is 18.5 Å². The molecular weight excluding hydrogens is 270 g/mol. The smallest absolute Gasteiger partial charge is 0.314 e. The number of nitrogens with one attached hydrogen (secondary N) is 2. The summed E-state index contributed by atoms with van der Waals surface area (Å²) in [4.78, 5) is 19.7. The van der Waals surface area contributed by atoms with Gasteiger partial charge in [-0.05, 0) is 18.1 Å². The lowest BCUT2D eigenvalue weighted by atomic mass is 10.2. The van der Waals surface area contributed by atoms with Gasteiger partial charge in [-0.15, -0.1) is 0 Å². The molecule has 7 heteroatoms. The molecule has 0 saturated heterocycles. The van der Waals surface area contributed by atoms with Gasteiger partial charge in [0.05, 0.1) is 5.56 Å². The first kappa shape index (κ1) is 15.0. The maximum atomic E-state index is 11.5. The Hall–Kier alpha value is -2.44. The number of aromatic nitrogens is 3. The summed E-state index contributed by atoms with van der Waals surface area (Å²) in [5, 5.41) is 9.41. The highest BCUT2D eigenvalue weighted by atomic mass is 16.5. The molecule has 0 saturated carbocycles. The number of urea groups is 1. The molecule has 0 unspecified atom stereocenters. The quantitative estimate of drug-likeness (QED) is 0.843. The van der Waals surface area contributed by atoms with Gasteiger partial charge in [-0.3, -0.25) is 4.98 Å². The number of amides is 2. The standard InChI is InChI=1S/C14H19N5O2/c1-10(2)8-17-14(20)16-7-5-12-18-13(21-19-12)11-4-3-6-15-9-11/h3-4,6,9-10H,5,7-8H2,1-2H3,(H2,16,17,20). The summed E-state index contributed by atoms with van der Waals surface area (Å²) >= 11 is 0. The van der Waals surface area contributed by atoms with E-state index in [4.69, 9.17) is 4.52 Å². The van der Waals surface area contributed by atoms with Gasteiger partial charge in [-0.2, -0.15) is 4.98 Å². The highest BCUT2D eigenvalue weighted by molar-refractivity contribution is 5.73. The number of rotatable bonds is 6. The van der Waals surface area contributed by atoms with Crippen molar-refractivity contribution in [2.75, 3.05) is 13.1 Å². The van der Waals surface area contributed by atoms with Crippen LogP contribution >= 0.6 is 0 Å². The van der Waals surface area contributed by atoms with Crippen molar-refractivity contribution in [3.05, 3.63) is 30.4 Å². The van der Waals surface area contributed by atoms with Crippen LogP contribution in [0.25, 0.3) is 11.5 Å². The fourth-order valence-corrected chi connectivity index (χ4v) is 1.61. The van der Waals surface area contributed by atoms with Crippen molar-refractivity contribution in [2.45, 2.75) is 20.3 Å². The predicted octanol–water partition coefficient (Wildman–Crippen LogP) is 1.63. The van der Waals surface area contributed by atoms with E-state index in [2.05, 4.69) is 25.8 Å². The van der Waals surface area contributed by atoms with Crippen LogP contribution in [0, 0.1) is 5.92 Å². The van der Waals surface area contributed by atoms with E-state index in [1.165, 1.54) is 0 Å². The summed E-state index contributed by atoms with van der Waals surface area (Å²) in [5.41, 5.74) is 0.777. The highest BCUT2D eigenvalue weighted by Gasteiger charge is 2.09. The van der Waals surface area contributed by atoms with Crippen molar-refractivity contribution in [3.8, 4) is 11.5 Å². The molecule has 0 aromatic carbocycles. The van der Waals surface area contributed by atoms with E-state index >= 15 is 0 Å². The zero-order valence-corrected chi connectivity index (χ0v) is 12.2. The summed E-state index contributed by atoms with van der Waals surface area (Å²) in [6, 6.07) is 3.47. The van der Waals surface area contributed by atoms with Crippen molar-refractivity contribution >= 4 is 6.03 Å². The van der Waals surface area contributed by atoms with Crippen molar-refractivity contribution in [2.24, 2.45) is 5.92 Å². The molecule has 7 nitrogen and oxygen atoms in total. The SMILES string of the molecule is CC(C)CNC(=O)NCCc1noc(-c2cccnc2)n1. The van der Waals surface area contributed by atoms with Gasteiger partial charge in [0.15, 0.2) is 5.82 Å². The lowest BCUT2D eigenvalue weighted by Crippen LogP contribution is -2.38. The second kappa shape index (κ2) is 7.37. The largest absolute Gasteiger partial charge is 0.338 e. The average molecular weight is 289 g/mol. The first-order chi connectivity index (χ1) is 10.1. The molecule has 2 N–H and O–H groups in total. The molecule has 2 rings (SSSR count). The van der Waals surface area contributed by atoms with Crippen molar-refractivity contribution in [1.82, 2.24) is 25.8 Å². The lowest BCUT2D eigenvalue weighted by Gasteiger charge is -2.08. The first-order valence-corrected chi connectivity index (χ1v) is 6.90. The fourth-order valence-electron chi connectivity index (χ4n) is 1.61. The van der Waals surface area contributed by atoms with Crippen LogP contribution in [0.1, 0.15) is 19.7 Å². The molecule has 0 aliphatic rings. The first-order valence-electron chi connectivity index (χ1n) is 6.90. The summed E-state index contributed by atoms with van der Waals surface area (Å²) in [6.45, 7) is 5.19. The van der Waals surface area contributed by atoms with Crippen LogP contribution in [0.3, 0.4) is 0 Å². The number of nitrogens with zero attached hydrogens (tertiary/aromatic N) is 3. The van der Waals surface area contributed by atoms with Gasteiger partial charge in [0.1, 0.15) is 0 Å². The van der Waals surface area contributed by atoms with E-state index < -0.39 is 0 Å². The molecule has 112 valence electrons. The van der Waals surface area contributed by atoms with Crippen molar-refractivity contribution < 1.29 is 9.32 Å². The molecule has 0 radical (unpaired) electrons. The third-order valence-corrected chi connectivity index (χ3v) is 2.68. The molecule has 2 aromatic heterocycles. The van der Waals surface area contributed by atoms with Gasteiger partial charge in [0.2, 0.25) is 0 Å². The summed E-state index contributed by atoms with van der Waals surface area (Å²) in [7, 11) is 0. The Morgan fingerprint density at radius 1 is 1.38 bits per heavy atom. The maximum Gasteiger partial charge on any atom is 0.314 e. The Labute approximate surface area is 123 Å². The lowest BCUT2D eigenvalue weighted by molar-refractivity contribution is 0.239. The maximum absolute atomic E-state index is 11.5. The minimum absolute atomic E-state index is 0.181. The van der Waals surface area contributed by atoms with Crippen LogP contribution in [-0.2, 0) is 6.42 Å². The van der Waals surface area contributed by atoms with Crippen LogP contribution in [0.4, 0.5) is 4.79 Å². The Morgan fingerprint density at radius 2 is 2.24 bits per heavy atom. The third-order valence-electron chi connectivity index (χ3n) is 2.68. The number of hydrogen-bond acceptors (Lipinski definition) is 5. The Kier molecular flexibility index (Phi) is 5.25. The molecule has 0 atom stereocenters. The molecule has 2 heterocycles. The van der Waals surface area contributed by atoms with E-state index in [9.17, 15) is 4.79 Å². The monoisotopic (exact) mass is 289 g/mol. The summed E-state index contributed by atoms with van der Waals surface area (Å²) in [6.07, 6.45) is 3.86. The highest BCUT2D eigenvalue weighted by Crippen LogP contribution is 2.14. The van der Waals surface area contributed by atoms with Crippen molar-refractivity contribution in [1.29, 1.82) is 0 Å². The van der Waals surface area contributed by atoms with E-state index in [-0.39, 0.29) is 6.03 Å². The van der Waals surface area contributed by atoms with Crippen LogP contribution in [0.2, 0.25) is 0 Å². The zero-order valence-electron chi connectivity index (χ0n) is 12.2. The van der Waals surface area contributed by atoms with Gasteiger partial charge >= 0.3 is 6.03 Å². The van der Waals surface area contributed by atoms with Gasteiger partial charge in [0, 0.05) is 31.9 Å². The van der Waals surface area contributed by atoms with E-state index in [0.717, 1.165) is 5.56 Å². The second-order valence-electron chi connectivity index (χ2n) is 5.04. The third kappa shape index (κ3) is 4.87. The number of carbonyl (C=O) groups excluding carboxylic acids is 1. The second-order valence-corrected chi connectivity index (χ2v) is 5.04. The molecule has 0 spiro atoms. The molecule has 21 heavy (non-hydrogen) atoms. The Balaban J connectivity index is 1.77. The van der Waals surface area contributed by atoms with E-state index in [0.29, 0.717) is 37.1 Å². The van der Waals surface area contributed by atoms with Crippen LogP contribution in [0.15, 0.2) is 29.0 Å². The molecule has 0 fully saturated rings. The summed E-state index contributed by atoms with van der Waals surface area (Å²) < 4.78 is 5.16. The van der Waals surface area contributed by atoms with Gasteiger partial charge in [-0.25, -0.2) is 4.79 Å². The number of carbonyl (C=O) groups is 1. The van der Waals surface area contributed by atoms with E-state index in [1.807, 2.05) is 19.9 Å². The van der Waals surface area contributed by atoms with Gasteiger partial charge < -0.3 is 15.2 Å². The molecule has 0 aliphatic heterocycles. The predicted molar refractivity (Wildman–Crippen MR) is 77.5 cm³/mol. The Bertz CT molecular complexity index is 568. The molecule has 0 bridgehead atoms. The van der Waals surface area contributed by atoms with Crippen LogP contribution in [0.5, 0.6) is 0 Å². The van der Waals surface area contributed by atoms with Gasteiger partial charge in [0.25, 0.3) is 5.89 Å². The normalized spacial score (nSPS) is 10.6. The van der Waals surface area contributed by atoms with Crippen LogP contribution in [-0.4, -0.2) is 34.2 Å². The molecule has 0 aliphatic carbocycles. The molecular formula is C14H19N5O2. The van der Waals surface area contributed by atoms with Gasteiger partial charge in [-0.1, -0.05) is 19.0 Å². The molecule has 2 amide bonds. The average Bonchev–Trinajstić information content (AvgIpc) is 2.95. The zero-order chi connectivity index (χ0) is 15.1. The fraction of sp³-hybridized carbons (Fsp3) is 0.429. The number of pyridine rings is 1. The Morgan fingerprint density at radius 3 is 2.95 bits per heavy atom. The summed E-state index contributed by atoms with van der Waals surface area (Å²) in [5.74, 6) is 1.41. The number of hydrogen-bond donors (Lipinski definition) is 2.